The highest BCUT2D eigenvalue weighted by atomic mass is 32.1. The molecule has 0 bridgehead atoms. The van der Waals surface area contributed by atoms with Crippen LogP contribution < -0.4 is 4.74 Å². The van der Waals surface area contributed by atoms with E-state index in [-0.39, 0.29) is 18.6 Å². The summed E-state index contributed by atoms with van der Waals surface area (Å²) >= 11 is 1.42. The number of ether oxygens (including phenoxy) is 3. The van der Waals surface area contributed by atoms with Crippen LogP contribution in [0.4, 0.5) is 0 Å². The topological polar surface area (TPSA) is 102 Å². The molecule has 1 fully saturated rings. The van der Waals surface area contributed by atoms with Crippen molar-refractivity contribution in [2.75, 3.05) is 20.5 Å². The Morgan fingerprint density at radius 3 is 3.00 bits per heavy atom. The van der Waals surface area contributed by atoms with Gasteiger partial charge in [0.2, 0.25) is 0 Å². The second-order valence-electron chi connectivity index (χ2n) is 7.36. The molecule has 160 valence electrons. The summed E-state index contributed by atoms with van der Waals surface area (Å²) in [6, 6.07) is 7.84. The van der Waals surface area contributed by atoms with Gasteiger partial charge in [-0.05, 0) is 43.0 Å². The van der Waals surface area contributed by atoms with Crippen molar-refractivity contribution >= 4 is 21.6 Å². The molecule has 31 heavy (non-hydrogen) atoms. The van der Waals surface area contributed by atoms with E-state index in [1.54, 1.807) is 12.5 Å². The number of aromatic nitrogens is 4. The standard InChI is InChI=1S/C22H22N4O4S/c1-28-12-30-19-8-13(15-10-23-25-21(15)18-4-2-3-7-29-18)5-6-14(19)16-9-20-22(26-24-16)17(27)11-31-20/h5-6,8-11,18,27H,2-4,7,12H2,1H3,(H,23,25). The molecule has 9 heteroatoms. The fourth-order valence-electron chi connectivity index (χ4n) is 3.83. The molecule has 4 aromatic rings. The molecular weight excluding hydrogens is 416 g/mol. The summed E-state index contributed by atoms with van der Waals surface area (Å²) in [6.45, 7) is 0.868. The van der Waals surface area contributed by atoms with Crippen LogP contribution in [-0.2, 0) is 9.47 Å². The first kappa shape index (κ1) is 19.9. The van der Waals surface area contributed by atoms with Crippen molar-refractivity contribution in [2.24, 2.45) is 0 Å². The molecule has 1 saturated heterocycles. The molecule has 3 aromatic heterocycles. The minimum atomic E-state index is -0.00204. The Balaban J connectivity index is 1.54. The summed E-state index contributed by atoms with van der Waals surface area (Å²) in [4.78, 5) is 0. The van der Waals surface area contributed by atoms with Gasteiger partial charge in [0.15, 0.2) is 12.5 Å². The summed E-state index contributed by atoms with van der Waals surface area (Å²) < 4.78 is 17.8. The van der Waals surface area contributed by atoms with E-state index >= 15 is 0 Å². The number of hydrogen-bond acceptors (Lipinski definition) is 8. The summed E-state index contributed by atoms with van der Waals surface area (Å²) in [6.07, 6.45) is 5.08. The number of thiophene rings is 1. The lowest BCUT2D eigenvalue weighted by molar-refractivity contribution is 0.0126. The summed E-state index contributed by atoms with van der Waals surface area (Å²) in [5.74, 6) is 0.771. The molecule has 5 rings (SSSR count). The largest absolute Gasteiger partial charge is 0.505 e. The number of rotatable bonds is 6. The number of nitrogens with zero attached hydrogens (tertiary/aromatic N) is 3. The maximum absolute atomic E-state index is 9.87. The van der Waals surface area contributed by atoms with E-state index in [0.717, 1.165) is 53.0 Å². The van der Waals surface area contributed by atoms with Crippen LogP contribution in [0.2, 0.25) is 0 Å². The van der Waals surface area contributed by atoms with Gasteiger partial charge in [0.1, 0.15) is 17.4 Å². The molecular formula is C22H22N4O4S. The Kier molecular flexibility index (Phi) is 5.54. The third-order valence-corrected chi connectivity index (χ3v) is 6.26. The maximum atomic E-state index is 9.87. The van der Waals surface area contributed by atoms with Gasteiger partial charge in [-0.3, -0.25) is 5.10 Å². The molecule has 0 aliphatic carbocycles. The molecule has 2 N–H and O–H groups in total. The van der Waals surface area contributed by atoms with Crippen molar-refractivity contribution in [1.29, 1.82) is 0 Å². The zero-order chi connectivity index (χ0) is 21.2. The lowest BCUT2D eigenvalue weighted by atomic mass is 9.97. The summed E-state index contributed by atoms with van der Waals surface area (Å²) in [5, 5.41) is 27.4. The SMILES string of the molecule is COCOc1cc(-c2c[nH]nc2C2CCCCO2)ccc1-c1cc2scc(O)c2nn1. The molecule has 0 saturated carbocycles. The van der Waals surface area contributed by atoms with Crippen LogP contribution in [-0.4, -0.2) is 46.0 Å². The molecule has 1 atom stereocenters. The fourth-order valence-corrected chi connectivity index (χ4v) is 4.61. The van der Waals surface area contributed by atoms with Gasteiger partial charge < -0.3 is 19.3 Å². The zero-order valence-electron chi connectivity index (χ0n) is 17.0. The normalized spacial score (nSPS) is 16.6. The number of fused-ring (bicyclic) bond motifs is 1. The van der Waals surface area contributed by atoms with Gasteiger partial charge in [-0.1, -0.05) is 6.07 Å². The Bertz CT molecular complexity index is 1200. The highest BCUT2D eigenvalue weighted by Crippen LogP contribution is 2.39. The molecule has 1 unspecified atom stereocenters. The van der Waals surface area contributed by atoms with Crippen LogP contribution in [0.5, 0.6) is 11.5 Å². The Morgan fingerprint density at radius 1 is 1.23 bits per heavy atom. The smallest absolute Gasteiger partial charge is 0.188 e. The lowest BCUT2D eigenvalue weighted by Gasteiger charge is -2.22. The lowest BCUT2D eigenvalue weighted by Crippen LogP contribution is -2.12. The predicted octanol–water partition coefficient (Wildman–Crippen LogP) is 4.68. The first-order valence-electron chi connectivity index (χ1n) is 10.1. The fraction of sp³-hybridized carbons (Fsp3) is 0.318. The third kappa shape index (κ3) is 3.87. The van der Waals surface area contributed by atoms with Gasteiger partial charge in [0.25, 0.3) is 0 Å². The number of nitrogens with one attached hydrogen (secondary N) is 1. The molecule has 0 radical (unpaired) electrons. The molecule has 0 amide bonds. The first-order chi connectivity index (χ1) is 15.2. The average molecular weight is 439 g/mol. The maximum Gasteiger partial charge on any atom is 0.188 e. The van der Waals surface area contributed by atoms with Crippen molar-refractivity contribution < 1.29 is 19.3 Å². The molecule has 4 heterocycles. The van der Waals surface area contributed by atoms with Gasteiger partial charge >= 0.3 is 0 Å². The Labute approximate surface area is 182 Å². The van der Waals surface area contributed by atoms with Crippen molar-refractivity contribution in [3.63, 3.8) is 0 Å². The number of H-pyrrole nitrogens is 1. The summed E-state index contributed by atoms with van der Waals surface area (Å²) in [7, 11) is 1.58. The van der Waals surface area contributed by atoms with Crippen LogP contribution in [0.25, 0.3) is 32.6 Å². The molecule has 1 aliphatic rings. The molecule has 8 nitrogen and oxygen atoms in total. The Morgan fingerprint density at radius 2 is 2.16 bits per heavy atom. The Hall–Kier alpha value is -3.01. The van der Waals surface area contributed by atoms with Crippen LogP contribution in [0.15, 0.2) is 35.8 Å². The minimum absolute atomic E-state index is 0.00204. The van der Waals surface area contributed by atoms with E-state index in [2.05, 4.69) is 20.4 Å². The van der Waals surface area contributed by atoms with E-state index in [1.807, 2.05) is 30.5 Å². The third-order valence-electron chi connectivity index (χ3n) is 5.35. The number of aromatic amines is 1. The molecule has 1 aliphatic heterocycles. The van der Waals surface area contributed by atoms with Gasteiger partial charge in [-0.25, -0.2) is 0 Å². The number of aromatic hydroxyl groups is 1. The van der Waals surface area contributed by atoms with Crippen LogP contribution in [0.1, 0.15) is 31.1 Å². The van der Waals surface area contributed by atoms with E-state index in [0.29, 0.717) is 17.0 Å². The number of hydrogen-bond donors (Lipinski definition) is 2. The first-order valence-corrected chi connectivity index (χ1v) is 11.0. The second-order valence-corrected chi connectivity index (χ2v) is 8.28. The highest BCUT2D eigenvalue weighted by Gasteiger charge is 2.23. The van der Waals surface area contributed by atoms with Crippen molar-refractivity contribution in [1.82, 2.24) is 20.4 Å². The molecule has 0 spiro atoms. The second kappa shape index (κ2) is 8.62. The van der Waals surface area contributed by atoms with Crippen molar-refractivity contribution in [3.05, 3.63) is 41.5 Å². The van der Waals surface area contributed by atoms with Gasteiger partial charge in [0, 0.05) is 36.4 Å². The van der Waals surface area contributed by atoms with Crippen molar-refractivity contribution in [3.8, 4) is 33.9 Å². The van der Waals surface area contributed by atoms with E-state index in [1.165, 1.54) is 11.3 Å². The van der Waals surface area contributed by atoms with Gasteiger partial charge in [0.05, 0.1) is 16.1 Å². The predicted molar refractivity (Wildman–Crippen MR) is 117 cm³/mol. The molecule has 1 aromatic carbocycles. The monoisotopic (exact) mass is 438 g/mol. The average Bonchev–Trinajstić information content (AvgIpc) is 3.45. The van der Waals surface area contributed by atoms with E-state index in [9.17, 15) is 5.11 Å². The number of benzene rings is 1. The zero-order valence-corrected chi connectivity index (χ0v) is 17.8. The highest BCUT2D eigenvalue weighted by molar-refractivity contribution is 7.17. The van der Waals surface area contributed by atoms with E-state index < -0.39 is 0 Å². The summed E-state index contributed by atoms with van der Waals surface area (Å²) in [5.41, 5.74) is 4.83. The van der Waals surface area contributed by atoms with Gasteiger partial charge in [-0.15, -0.1) is 21.5 Å². The number of methoxy groups -OCH3 is 1. The van der Waals surface area contributed by atoms with Gasteiger partial charge in [-0.2, -0.15) is 5.10 Å². The van der Waals surface area contributed by atoms with Crippen LogP contribution in [0.3, 0.4) is 0 Å². The van der Waals surface area contributed by atoms with Crippen LogP contribution >= 0.6 is 11.3 Å². The van der Waals surface area contributed by atoms with E-state index in [4.69, 9.17) is 14.2 Å². The van der Waals surface area contributed by atoms with Crippen molar-refractivity contribution in [2.45, 2.75) is 25.4 Å². The minimum Gasteiger partial charge on any atom is -0.505 e. The quantitative estimate of drug-likeness (QED) is 0.421. The van der Waals surface area contributed by atoms with Crippen LogP contribution in [0, 0.1) is 0 Å².